The lowest BCUT2D eigenvalue weighted by molar-refractivity contribution is 0.203. The maximum absolute atomic E-state index is 9.42. The smallest absolute Gasteiger partial charge is 0.0972 e. The third kappa shape index (κ3) is 3.19. The van der Waals surface area contributed by atoms with E-state index in [-0.39, 0.29) is 0 Å². The van der Waals surface area contributed by atoms with Crippen molar-refractivity contribution >= 4 is 34.5 Å². The molecule has 2 rings (SSSR count). The number of benzene rings is 1. The molecule has 2 nitrogen and oxygen atoms in total. The van der Waals surface area contributed by atoms with Gasteiger partial charge in [0.05, 0.1) is 26.0 Å². The molecule has 1 heterocycles. The quantitative estimate of drug-likeness (QED) is 0.922. The Kier molecular flexibility index (Phi) is 4.05. The normalized spacial score (nSPS) is 12.7. The first-order valence-corrected chi connectivity index (χ1v) is 6.70. The standard InChI is InChI=1S/C12H11Cl2NOS/c1-7(16)11-6-15-12(17-11)5-8-2-3-9(13)10(14)4-8/h2-4,6-7,16H,5H2,1H3. The second-order valence-corrected chi connectivity index (χ2v) is 5.72. The lowest BCUT2D eigenvalue weighted by Crippen LogP contribution is -1.86. The minimum Gasteiger partial charge on any atom is -0.388 e. The van der Waals surface area contributed by atoms with E-state index in [2.05, 4.69) is 4.98 Å². The summed E-state index contributed by atoms with van der Waals surface area (Å²) in [5.74, 6) is 0. The highest BCUT2D eigenvalue weighted by atomic mass is 35.5. The zero-order chi connectivity index (χ0) is 12.4. The van der Waals surface area contributed by atoms with Gasteiger partial charge in [0.2, 0.25) is 0 Å². The van der Waals surface area contributed by atoms with E-state index in [0.29, 0.717) is 16.5 Å². The Morgan fingerprint density at radius 2 is 2.12 bits per heavy atom. The van der Waals surface area contributed by atoms with Crippen molar-refractivity contribution in [2.45, 2.75) is 19.4 Å². The summed E-state index contributed by atoms with van der Waals surface area (Å²) >= 11 is 13.3. The van der Waals surface area contributed by atoms with Gasteiger partial charge in [0.15, 0.2) is 0 Å². The Morgan fingerprint density at radius 3 is 2.71 bits per heavy atom. The van der Waals surface area contributed by atoms with Crippen LogP contribution in [0.5, 0.6) is 0 Å². The molecule has 0 amide bonds. The number of hydrogen-bond acceptors (Lipinski definition) is 3. The number of nitrogens with zero attached hydrogens (tertiary/aromatic N) is 1. The van der Waals surface area contributed by atoms with Crippen LogP contribution >= 0.6 is 34.5 Å². The molecule has 0 saturated heterocycles. The Labute approximate surface area is 114 Å². The molecule has 17 heavy (non-hydrogen) atoms. The Balaban J connectivity index is 2.16. The van der Waals surface area contributed by atoms with E-state index in [0.717, 1.165) is 15.4 Å². The van der Waals surface area contributed by atoms with E-state index >= 15 is 0 Å². The van der Waals surface area contributed by atoms with Crippen LogP contribution in [0.3, 0.4) is 0 Å². The van der Waals surface area contributed by atoms with Gasteiger partial charge in [0.25, 0.3) is 0 Å². The molecule has 1 N–H and O–H groups in total. The third-order valence-electron chi connectivity index (χ3n) is 2.32. The molecule has 0 aliphatic rings. The van der Waals surface area contributed by atoms with Crippen molar-refractivity contribution in [1.29, 1.82) is 0 Å². The number of aliphatic hydroxyl groups excluding tert-OH is 1. The summed E-state index contributed by atoms with van der Waals surface area (Å²) in [4.78, 5) is 5.14. The highest BCUT2D eigenvalue weighted by Crippen LogP contribution is 2.26. The molecule has 5 heteroatoms. The maximum Gasteiger partial charge on any atom is 0.0972 e. The van der Waals surface area contributed by atoms with Gasteiger partial charge in [-0.2, -0.15) is 0 Å². The van der Waals surface area contributed by atoms with E-state index in [1.54, 1.807) is 19.2 Å². The third-order valence-corrected chi connectivity index (χ3v) is 4.23. The Hall–Kier alpha value is -0.610. The van der Waals surface area contributed by atoms with Crippen LogP contribution in [0.4, 0.5) is 0 Å². The fraction of sp³-hybridized carbons (Fsp3) is 0.250. The topological polar surface area (TPSA) is 33.1 Å². The Morgan fingerprint density at radius 1 is 1.35 bits per heavy atom. The van der Waals surface area contributed by atoms with Gasteiger partial charge in [-0.1, -0.05) is 29.3 Å². The van der Waals surface area contributed by atoms with Crippen molar-refractivity contribution in [2.24, 2.45) is 0 Å². The first kappa shape index (κ1) is 12.8. The van der Waals surface area contributed by atoms with E-state index in [9.17, 15) is 5.11 Å². The number of aliphatic hydroxyl groups is 1. The minimum absolute atomic E-state index is 0.463. The van der Waals surface area contributed by atoms with Gasteiger partial charge in [0, 0.05) is 12.6 Å². The van der Waals surface area contributed by atoms with Crippen molar-refractivity contribution in [1.82, 2.24) is 4.98 Å². The lowest BCUT2D eigenvalue weighted by Gasteiger charge is -2.01. The second kappa shape index (κ2) is 5.36. The molecule has 1 aromatic carbocycles. The van der Waals surface area contributed by atoms with Gasteiger partial charge in [0.1, 0.15) is 0 Å². The fourth-order valence-corrected chi connectivity index (χ4v) is 2.64. The lowest BCUT2D eigenvalue weighted by atomic mass is 10.2. The number of halogens is 2. The van der Waals surface area contributed by atoms with Gasteiger partial charge >= 0.3 is 0 Å². The average molecular weight is 288 g/mol. The van der Waals surface area contributed by atoms with Gasteiger partial charge in [-0.3, -0.25) is 0 Å². The van der Waals surface area contributed by atoms with Crippen molar-refractivity contribution in [3.8, 4) is 0 Å². The molecule has 0 bridgehead atoms. The van der Waals surface area contributed by atoms with Gasteiger partial charge in [-0.15, -0.1) is 11.3 Å². The minimum atomic E-state index is -0.463. The zero-order valence-electron chi connectivity index (χ0n) is 9.15. The van der Waals surface area contributed by atoms with Gasteiger partial charge in [-0.25, -0.2) is 4.98 Å². The molecule has 0 radical (unpaired) electrons. The van der Waals surface area contributed by atoms with E-state index in [1.165, 1.54) is 11.3 Å². The summed E-state index contributed by atoms with van der Waals surface area (Å²) in [6.07, 6.45) is 1.95. The highest BCUT2D eigenvalue weighted by molar-refractivity contribution is 7.11. The fourth-order valence-electron chi connectivity index (χ4n) is 1.42. The largest absolute Gasteiger partial charge is 0.388 e. The summed E-state index contributed by atoms with van der Waals surface area (Å²) in [6.45, 7) is 1.73. The van der Waals surface area contributed by atoms with Crippen molar-refractivity contribution in [3.05, 3.63) is 49.9 Å². The molecule has 0 aliphatic heterocycles. The van der Waals surface area contributed by atoms with Crippen molar-refractivity contribution in [3.63, 3.8) is 0 Å². The van der Waals surface area contributed by atoms with Crippen molar-refractivity contribution < 1.29 is 5.11 Å². The summed E-state index contributed by atoms with van der Waals surface area (Å²) in [5, 5.41) is 11.5. The van der Waals surface area contributed by atoms with Crippen LogP contribution in [-0.4, -0.2) is 10.1 Å². The number of thiazole rings is 1. The van der Waals surface area contributed by atoms with Crippen LogP contribution in [0.1, 0.15) is 28.5 Å². The van der Waals surface area contributed by atoms with Crippen molar-refractivity contribution in [2.75, 3.05) is 0 Å². The highest BCUT2D eigenvalue weighted by Gasteiger charge is 2.08. The van der Waals surface area contributed by atoms with Crippen LogP contribution in [0.2, 0.25) is 10.0 Å². The maximum atomic E-state index is 9.42. The molecule has 1 aromatic heterocycles. The predicted molar refractivity (Wildman–Crippen MR) is 72.0 cm³/mol. The zero-order valence-corrected chi connectivity index (χ0v) is 11.5. The SMILES string of the molecule is CC(O)c1cnc(Cc2ccc(Cl)c(Cl)c2)s1. The first-order valence-electron chi connectivity index (χ1n) is 5.13. The van der Waals surface area contributed by atoms with Crippen LogP contribution in [0.15, 0.2) is 24.4 Å². The number of hydrogen-bond donors (Lipinski definition) is 1. The summed E-state index contributed by atoms with van der Waals surface area (Å²) in [6, 6.07) is 5.55. The predicted octanol–water partition coefficient (Wildman–Crippen LogP) is 4.09. The Bertz CT molecular complexity index is 525. The molecule has 2 aromatic rings. The summed E-state index contributed by atoms with van der Waals surface area (Å²) in [5.41, 5.74) is 1.06. The van der Waals surface area contributed by atoms with Crippen LogP contribution in [-0.2, 0) is 6.42 Å². The molecule has 0 saturated carbocycles. The van der Waals surface area contributed by atoms with Gasteiger partial charge < -0.3 is 5.11 Å². The molecule has 0 aliphatic carbocycles. The van der Waals surface area contributed by atoms with Crippen LogP contribution in [0.25, 0.3) is 0 Å². The van der Waals surface area contributed by atoms with Crippen LogP contribution in [0, 0.1) is 0 Å². The molecule has 1 atom stereocenters. The molecule has 1 unspecified atom stereocenters. The molecule has 0 spiro atoms. The molecular weight excluding hydrogens is 277 g/mol. The molecular formula is C12H11Cl2NOS. The second-order valence-electron chi connectivity index (χ2n) is 3.76. The average Bonchev–Trinajstić information content (AvgIpc) is 2.72. The number of aromatic nitrogens is 1. The summed E-state index contributed by atoms with van der Waals surface area (Å²) in [7, 11) is 0. The van der Waals surface area contributed by atoms with Crippen LogP contribution < -0.4 is 0 Å². The summed E-state index contributed by atoms with van der Waals surface area (Å²) < 4.78 is 0. The van der Waals surface area contributed by atoms with E-state index < -0.39 is 6.10 Å². The molecule has 90 valence electrons. The van der Waals surface area contributed by atoms with E-state index in [1.807, 2.05) is 12.1 Å². The molecule has 0 fully saturated rings. The number of rotatable bonds is 3. The van der Waals surface area contributed by atoms with E-state index in [4.69, 9.17) is 23.2 Å². The van der Waals surface area contributed by atoms with Gasteiger partial charge in [-0.05, 0) is 24.6 Å². The first-order chi connectivity index (χ1) is 8.06. The monoisotopic (exact) mass is 287 g/mol.